The molecule has 0 saturated carbocycles. The monoisotopic (exact) mass is 616 g/mol. The van der Waals surface area contributed by atoms with Crippen LogP contribution in [0.25, 0.3) is 20.5 Å². The Hall–Kier alpha value is -1.72. The molecule has 1 aliphatic heterocycles. The van der Waals surface area contributed by atoms with E-state index in [1.165, 1.54) is 11.3 Å². The number of thiophene rings is 1. The van der Waals surface area contributed by atoms with Gasteiger partial charge in [0.1, 0.15) is 10.5 Å². The van der Waals surface area contributed by atoms with E-state index in [0.717, 1.165) is 22.9 Å². The molecule has 5 rings (SSSR count). The summed E-state index contributed by atoms with van der Waals surface area (Å²) in [5, 5.41) is 4.95. The molecular weight excluding hydrogens is 596 g/mol. The van der Waals surface area contributed by atoms with Crippen LogP contribution in [-0.4, -0.2) is 22.1 Å². The van der Waals surface area contributed by atoms with Gasteiger partial charge in [0.05, 0.1) is 32.4 Å². The predicted octanol–water partition coefficient (Wildman–Crippen LogP) is 6.50. The molecule has 0 aliphatic carbocycles. The van der Waals surface area contributed by atoms with Crippen molar-refractivity contribution in [2.45, 2.75) is 38.1 Å². The number of aromatic nitrogens is 2. The topological polar surface area (TPSA) is 66.5 Å². The minimum Gasteiger partial charge on any atom is -0.423 e. The van der Waals surface area contributed by atoms with Crippen LogP contribution >= 0.6 is 39.8 Å². The number of fused-ring (bicyclic) bond motifs is 3. The summed E-state index contributed by atoms with van der Waals surface area (Å²) in [6, 6.07) is 11.2. The van der Waals surface area contributed by atoms with Crippen molar-refractivity contribution in [1.29, 1.82) is 0 Å². The summed E-state index contributed by atoms with van der Waals surface area (Å²) < 4.78 is 48.7. The molecule has 1 aliphatic rings. The van der Waals surface area contributed by atoms with E-state index in [4.69, 9.17) is 13.9 Å². The number of rotatable bonds is 7. The Balaban J connectivity index is 1.62. The van der Waals surface area contributed by atoms with E-state index >= 15 is 0 Å². The number of halogens is 3. The van der Waals surface area contributed by atoms with Gasteiger partial charge < -0.3 is 13.9 Å². The predicted molar refractivity (Wildman–Crippen MR) is 137 cm³/mol. The average Bonchev–Trinajstić information content (AvgIpc) is 3.46. The first-order chi connectivity index (χ1) is 16.3. The minimum absolute atomic E-state index is 0.0760. The third-order valence-corrected chi connectivity index (χ3v) is 8.68. The van der Waals surface area contributed by atoms with Gasteiger partial charge in [-0.3, -0.25) is 0 Å². The first kappa shape index (κ1) is 24.0. The molecule has 0 amide bonds. The standard InChI is InChI=1S/C23H20F2IN2O4PS/c1-22(24,25)12-23(31-10-14-5-3-2-4-6-14)13-30-11-17-16-7-18(15-8-27-28(9-15)33-26)34-19(16)21(29)32-20(17)23/h2-9,33H,10-13H2,1H3. The van der Waals surface area contributed by atoms with Gasteiger partial charge >= 0.3 is 5.63 Å². The first-order valence-electron chi connectivity index (χ1n) is 10.4. The summed E-state index contributed by atoms with van der Waals surface area (Å²) in [5.41, 5.74) is 0.111. The molecule has 2 atom stereocenters. The number of hydrogen-bond donors (Lipinski definition) is 0. The maximum Gasteiger partial charge on any atom is 0.354 e. The Morgan fingerprint density at radius 2 is 2.15 bits per heavy atom. The molecule has 0 radical (unpaired) electrons. The molecular formula is C23H20F2IN2O4PS. The van der Waals surface area contributed by atoms with Crippen molar-refractivity contribution in [3.05, 3.63) is 76.1 Å². The van der Waals surface area contributed by atoms with Gasteiger partial charge in [0, 0.05) is 34.0 Å². The normalized spacial score (nSPS) is 18.7. The number of hydrogen-bond acceptors (Lipinski definition) is 6. The summed E-state index contributed by atoms with van der Waals surface area (Å²) in [6.07, 6.45) is 3.43. The van der Waals surface area contributed by atoms with Crippen LogP contribution in [0.2, 0.25) is 0 Å². The van der Waals surface area contributed by atoms with Crippen molar-refractivity contribution in [2.75, 3.05) is 6.61 Å². The third kappa shape index (κ3) is 4.70. The van der Waals surface area contributed by atoms with E-state index in [0.29, 0.717) is 22.0 Å². The second-order valence-electron chi connectivity index (χ2n) is 8.32. The highest BCUT2D eigenvalue weighted by molar-refractivity contribution is 14.2. The molecule has 6 nitrogen and oxygen atoms in total. The van der Waals surface area contributed by atoms with Gasteiger partial charge in [-0.05, 0) is 40.6 Å². The number of nitrogens with zero attached hydrogens (tertiary/aromatic N) is 2. The van der Waals surface area contributed by atoms with Gasteiger partial charge in [-0.2, -0.15) is 5.10 Å². The molecule has 0 saturated heterocycles. The molecule has 2 unspecified atom stereocenters. The van der Waals surface area contributed by atoms with Crippen molar-refractivity contribution in [2.24, 2.45) is 0 Å². The lowest BCUT2D eigenvalue weighted by Crippen LogP contribution is -2.43. The van der Waals surface area contributed by atoms with Gasteiger partial charge in [0.15, 0.2) is 5.60 Å². The lowest BCUT2D eigenvalue weighted by Gasteiger charge is -2.38. The maximum absolute atomic E-state index is 14.4. The summed E-state index contributed by atoms with van der Waals surface area (Å²) >= 11 is 3.53. The average molecular weight is 616 g/mol. The van der Waals surface area contributed by atoms with E-state index in [9.17, 15) is 13.6 Å². The lowest BCUT2D eigenvalue weighted by molar-refractivity contribution is -0.180. The molecule has 0 fully saturated rings. The maximum atomic E-state index is 14.4. The van der Waals surface area contributed by atoms with Gasteiger partial charge in [-0.25, -0.2) is 18.0 Å². The Kier molecular flexibility index (Phi) is 6.62. The molecule has 0 N–H and O–H groups in total. The van der Waals surface area contributed by atoms with Crippen LogP contribution in [0.3, 0.4) is 0 Å². The lowest BCUT2D eigenvalue weighted by atomic mass is 9.88. The van der Waals surface area contributed by atoms with E-state index in [-0.39, 0.29) is 25.6 Å². The third-order valence-electron chi connectivity index (χ3n) is 5.61. The molecule has 4 heterocycles. The van der Waals surface area contributed by atoms with Gasteiger partial charge in [0.25, 0.3) is 0 Å². The van der Waals surface area contributed by atoms with Gasteiger partial charge in [-0.1, -0.05) is 30.3 Å². The van der Waals surface area contributed by atoms with E-state index in [2.05, 4.69) is 27.1 Å². The fourth-order valence-electron chi connectivity index (χ4n) is 4.21. The van der Waals surface area contributed by atoms with Crippen LogP contribution in [-0.2, 0) is 28.3 Å². The van der Waals surface area contributed by atoms with Crippen molar-refractivity contribution >= 4 is 49.8 Å². The number of benzene rings is 1. The van der Waals surface area contributed by atoms with E-state index in [1.54, 1.807) is 6.20 Å². The van der Waals surface area contributed by atoms with Crippen LogP contribution in [0.4, 0.5) is 8.78 Å². The van der Waals surface area contributed by atoms with Crippen LogP contribution in [0.5, 0.6) is 0 Å². The minimum atomic E-state index is -3.07. The van der Waals surface area contributed by atoms with Crippen LogP contribution in [0, 0.1) is 0 Å². The highest BCUT2D eigenvalue weighted by Gasteiger charge is 2.48. The molecule has 3 aromatic heterocycles. The molecule has 0 bridgehead atoms. The molecule has 0 spiro atoms. The zero-order chi connectivity index (χ0) is 23.9. The molecule has 4 aromatic rings. The fraction of sp³-hybridized carbons (Fsp3) is 0.304. The molecule has 1 aromatic carbocycles. The van der Waals surface area contributed by atoms with Crippen LogP contribution in [0.1, 0.15) is 30.2 Å². The van der Waals surface area contributed by atoms with Gasteiger partial charge in [0.2, 0.25) is 5.92 Å². The van der Waals surface area contributed by atoms with Crippen molar-refractivity contribution < 1.29 is 22.7 Å². The summed E-state index contributed by atoms with van der Waals surface area (Å²) in [5.74, 6) is -2.95. The first-order valence-corrected chi connectivity index (χ1v) is 15.3. The van der Waals surface area contributed by atoms with E-state index < -0.39 is 23.6 Å². The molecule has 11 heteroatoms. The highest BCUT2D eigenvalue weighted by Crippen LogP contribution is 2.45. The summed E-state index contributed by atoms with van der Waals surface area (Å²) in [7, 11) is 0. The zero-order valence-electron chi connectivity index (χ0n) is 18.0. The smallest absolute Gasteiger partial charge is 0.354 e. The second-order valence-corrected chi connectivity index (χ2v) is 11.4. The van der Waals surface area contributed by atoms with Crippen molar-refractivity contribution in [3.63, 3.8) is 0 Å². The Labute approximate surface area is 212 Å². The molecule has 178 valence electrons. The fourth-order valence-corrected chi connectivity index (χ4v) is 6.33. The van der Waals surface area contributed by atoms with Gasteiger partial charge in [-0.15, -0.1) is 11.3 Å². The SMILES string of the molecule is CC(F)(F)CC1(OCc2ccccc2)COCc2c1oc(=O)c1sc(-c3cnn(PI)c3)cc21. The van der Waals surface area contributed by atoms with Crippen LogP contribution in [0.15, 0.2) is 58.0 Å². The van der Waals surface area contributed by atoms with Crippen molar-refractivity contribution in [1.82, 2.24) is 9.55 Å². The highest BCUT2D eigenvalue weighted by atomic mass is 127. The van der Waals surface area contributed by atoms with E-state index in [1.807, 2.05) is 47.0 Å². The molecule has 34 heavy (non-hydrogen) atoms. The number of ether oxygens (including phenoxy) is 2. The Morgan fingerprint density at radius 1 is 1.35 bits per heavy atom. The number of alkyl halides is 2. The second kappa shape index (κ2) is 9.39. The summed E-state index contributed by atoms with van der Waals surface area (Å²) in [4.78, 5) is 13.9. The summed E-state index contributed by atoms with van der Waals surface area (Å²) in [6.45, 7) is 0.920. The van der Waals surface area contributed by atoms with Crippen molar-refractivity contribution in [3.8, 4) is 10.4 Å². The zero-order valence-corrected chi connectivity index (χ0v) is 22.0. The Bertz CT molecular complexity index is 1390. The Morgan fingerprint density at radius 3 is 2.85 bits per heavy atom. The van der Waals surface area contributed by atoms with Crippen LogP contribution < -0.4 is 5.63 Å². The largest absolute Gasteiger partial charge is 0.423 e. The quantitative estimate of drug-likeness (QED) is 0.175.